The Labute approximate surface area is 198 Å². The smallest absolute Gasteiger partial charge is 0.219 e. The fourth-order valence-electron chi connectivity index (χ4n) is 4.88. The molecular formula is C30H23ClNO+. The van der Waals surface area contributed by atoms with Crippen LogP contribution in [0.5, 0.6) is 0 Å². The van der Waals surface area contributed by atoms with Gasteiger partial charge in [0.2, 0.25) is 11.4 Å². The van der Waals surface area contributed by atoms with Crippen LogP contribution >= 0.6 is 11.6 Å². The van der Waals surface area contributed by atoms with Crippen LogP contribution in [0, 0.1) is 0 Å². The summed E-state index contributed by atoms with van der Waals surface area (Å²) in [4.78, 5) is 0. The van der Waals surface area contributed by atoms with Gasteiger partial charge in [0.1, 0.15) is 11.5 Å². The minimum absolute atomic E-state index is 0.123. The van der Waals surface area contributed by atoms with Crippen LogP contribution in [0.3, 0.4) is 0 Å². The van der Waals surface area contributed by atoms with E-state index >= 15 is 0 Å². The largest absolute Gasteiger partial charge is 0.456 e. The molecule has 0 unspecified atom stereocenters. The highest BCUT2D eigenvalue weighted by Gasteiger charge is 2.45. The fourth-order valence-corrected chi connectivity index (χ4v) is 5.00. The molecule has 0 bridgehead atoms. The van der Waals surface area contributed by atoms with E-state index in [4.69, 9.17) is 16.0 Å². The zero-order valence-electron chi connectivity index (χ0n) is 18.5. The molecule has 1 aliphatic rings. The second-order valence-corrected chi connectivity index (χ2v) is 9.47. The van der Waals surface area contributed by atoms with Gasteiger partial charge >= 0.3 is 0 Å². The van der Waals surface area contributed by atoms with Crippen LogP contribution in [-0.4, -0.2) is 0 Å². The zero-order valence-corrected chi connectivity index (χ0v) is 19.3. The number of aromatic nitrogens is 1. The van der Waals surface area contributed by atoms with Crippen LogP contribution in [0.15, 0.2) is 108 Å². The molecule has 3 heteroatoms. The highest BCUT2D eigenvalue weighted by atomic mass is 35.5. The van der Waals surface area contributed by atoms with E-state index in [1.54, 1.807) is 0 Å². The average Bonchev–Trinajstić information content (AvgIpc) is 3.42. The second kappa shape index (κ2) is 7.47. The van der Waals surface area contributed by atoms with Crippen LogP contribution in [0.4, 0.5) is 0 Å². The Hall–Kier alpha value is -3.62. The van der Waals surface area contributed by atoms with Crippen molar-refractivity contribution in [2.75, 3.05) is 0 Å². The summed E-state index contributed by atoms with van der Waals surface area (Å²) in [5, 5.41) is 0.718. The lowest BCUT2D eigenvalue weighted by atomic mass is 9.83. The van der Waals surface area contributed by atoms with E-state index < -0.39 is 0 Å². The molecule has 0 atom stereocenters. The number of para-hydroxylation sites is 1. The van der Waals surface area contributed by atoms with Gasteiger partial charge in [-0.05, 0) is 62.4 Å². The van der Waals surface area contributed by atoms with Crippen molar-refractivity contribution in [3.8, 4) is 39.6 Å². The Morgan fingerprint density at radius 3 is 2.09 bits per heavy atom. The molecule has 0 fully saturated rings. The van der Waals surface area contributed by atoms with Gasteiger partial charge in [0.05, 0.1) is 5.41 Å². The van der Waals surface area contributed by atoms with E-state index in [-0.39, 0.29) is 5.41 Å². The van der Waals surface area contributed by atoms with Gasteiger partial charge in [0, 0.05) is 45.5 Å². The quantitative estimate of drug-likeness (QED) is 0.257. The first kappa shape index (κ1) is 20.0. The lowest BCUT2D eigenvalue weighted by molar-refractivity contribution is -0.588. The van der Waals surface area contributed by atoms with E-state index in [0.29, 0.717) is 0 Å². The number of hydrogen-bond acceptors (Lipinski definition) is 1. The van der Waals surface area contributed by atoms with Gasteiger partial charge in [-0.25, -0.2) is 0 Å². The first-order valence-electron chi connectivity index (χ1n) is 11.1. The van der Waals surface area contributed by atoms with Crippen LogP contribution in [0.2, 0.25) is 5.02 Å². The summed E-state index contributed by atoms with van der Waals surface area (Å²) < 4.78 is 8.74. The topological polar surface area (TPSA) is 17.0 Å². The number of halogens is 1. The molecule has 3 heterocycles. The van der Waals surface area contributed by atoms with Crippen molar-refractivity contribution in [3.05, 3.63) is 119 Å². The maximum absolute atomic E-state index is 6.34. The van der Waals surface area contributed by atoms with E-state index in [2.05, 4.69) is 91.2 Å². The molecule has 2 nitrogen and oxygen atoms in total. The SMILES string of the molecule is CC1(C)c2ccccc2-[n+]2c(-c3ccccc3)cc(-c3ccc(-c4ccc(Cl)cc4)o3)cc21. The molecule has 3 aromatic carbocycles. The number of benzene rings is 3. The first-order valence-corrected chi connectivity index (χ1v) is 11.5. The van der Waals surface area contributed by atoms with Crippen LogP contribution in [0.1, 0.15) is 25.1 Å². The zero-order chi connectivity index (χ0) is 22.6. The highest BCUT2D eigenvalue weighted by Crippen LogP contribution is 2.42. The molecular weight excluding hydrogens is 426 g/mol. The maximum atomic E-state index is 6.34. The Bertz CT molecular complexity index is 1480. The lowest BCUT2D eigenvalue weighted by Crippen LogP contribution is -2.37. The average molecular weight is 449 g/mol. The maximum Gasteiger partial charge on any atom is 0.219 e. The lowest BCUT2D eigenvalue weighted by Gasteiger charge is -2.15. The van der Waals surface area contributed by atoms with E-state index in [1.807, 2.05) is 30.3 Å². The number of hydrogen-bond donors (Lipinski definition) is 0. The van der Waals surface area contributed by atoms with Crippen LogP contribution < -0.4 is 4.57 Å². The molecule has 0 saturated carbocycles. The minimum Gasteiger partial charge on any atom is -0.456 e. The first-order chi connectivity index (χ1) is 16.0. The van der Waals surface area contributed by atoms with Gasteiger partial charge in [-0.15, -0.1) is 0 Å². The molecule has 5 aromatic rings. The Balaban J connectivity index is 1.56. The third-order valence-electron chi connectivity index (χ3n) is 6.61. The van der Waals surface area contributed by atoms with Gasteiger partial charge in [-0.1, -0.05) is 48.0 Å². The molecule has 0 N–H and O–H groups in total. The normalized spacial score (nSPS) is 13.5. The van der Waals surface area contributed by atoms with Gasteiger partial charge in [0.25, 0.3) is 0 Å². The number of pyridine rings is 1. The highest BCUT2D eigenvalue weighted by molar-refractivity contribution is 6.30. The minimum atomic E-state index is -0.123. The third kappa shape index (κ3) is 3.21. The van der Waals surface area contributed by atoms with Gasteiger partial charge < -0.3 is 4.42 Å². The standard InChI is InChI=1S/C30H23ClNO/c1-30(2)24-10-6-7-11-25(24)32-26(20-8-4-3-5-9-20)18-22(19-29(30)32)28-17-16-27(33-28)21-12-14-23(31)15-13-21/h3-19H,1-2H3/q+1. The van der Waals surface area contributed by atoms with Crippen LogP contribution in [-0.2, 0) is 5.41 Å². The predicted molar refractivity (Wildman–Crippen MR) is 134 cm³/mol. The third-order valence-corrected chi connectivity index (χ3v) is 6.87. The van der Waals surface area contributed by atoms with Gasteiger partial charge in [-0.2, -0.15) is 4.57 Å². The summed E-state index contributed by atoms with van der Waals surface area (Å²) in [6.07, 6.45) is 0. The summed E-state index contributed by atoms with van der Waals surface area (Å²) in [5.74, 6) is 1.69. The molecule has 160 valence electrons. The van der Waals surface area contributed by atoms with Gasteiger partial charge in [-0.3, -0.25) is 0 Å². The summed E-state index contributed by atoms with van der Waals surface area (Å²) in [5.41, 5.74) is 8.12. The van der Waals surface area contributed by atoms with Gasteiger partial charge in [0.15, 0.2) is 5.69 Å². The van der Waals surface area contributed by atoms with E-state index in [9.17, 15) is 0 Å². The Morgan fingerprint density at radius 2 is 1.33 bits per heavy atom. The van der Waals surface area contributed by atoms with Crippen molar-refractivity contribution in [1.29, 1.82) is 0 Å². The monoisotopic (exact) mass is 448 g/mol. The number of fused-ring (bicyclic) bond motifs is 3. The van der Waals surface area contributed by atoms with Crippen molar-refractivity contribution < 1.29 is 8.98 Å². The summed E-state index contributed by atoms with van der Waals surface area (Å²) >= 11 is 6.06. The number of rotatable bonds is 3. The Kier molecular flexibility index (Phi) is 4.53. The second-order valence-electron chi connectivity index (χ2n) is 9.03. The van der Waals surface area contributed by atoms with Crippen LogP contribution in [0.25, 0.3) is 39.6 Å². The molecule has 0 amide bonds. The Morgan fingerprint density at radius 1 is 0.667 bits per heavy atom. The van der Waals surface area contributed by atoms with Crippen molar-refractivity contribution in [3.63, 3.8) is 0 Å². The molecule has 0 saturated heterocycles. The summed E-state index contributed by atoms with van der Waals surface area (Å²) in [6, 6.07) is 35.6. The van der Waals surface area contributed by atoms with Crippen molar-refractivity contribution >= 4 is 11.6 Å². The predicted octanol–water partition coefficient (Wildman–Crippen LogP) is 7.85. The van der Waals surface area contributed by atoms with E-state index in [0.717, 1.165) is 33.4 Å². The number of furan rings is 1. The molecule has 1 aliphatic heterocycles. The molecule has 6 rings (SSSR count). The fraction of sp³-hybridized carbons (Fsp3) is 0.100. The molecule has 0 spiro atoms. The molecule has 33 heavy (non-hydrogen) atoms. The van der Waals surface area contributed by atoms with Crippen molar-refractivity contribution in [2.24, 2.45) is 0 Å². The summed E-state index contributed by atoms with van der Waals surface area (Å²) in [6.45, 7) is 4.59. The molecule has 0 aliphatic carbocycles. The number of nitrogens with zero attached hydrogens (tertiary/aromatic N) is 1. The van der Waals surface area contributed by atoms with Crippen molar-refractivity contribution in [1.82, 2.24) is 0 Å². The summed E-state index contributed by atoms with van der Waals surface area (Å²) in [7, 11) is 0. The van der Waals surface area contributed by atoms with E-state index in [1.165, 1.54) is 22.5 Å². The molecule has 2 aromatic heterocycles. The molecule has 0 radical (unpaired) electrons. The van der Waals surface area contributed by atoms with Crippen molar-refractivity contribution in [2.45, 2.75) is 19.3 Å².